The summed E-state index contributed by atoms with van der Waals surface area (Å²) in [6.45, 7) is 4.89. The van der Waals surface area contributed by atoms with E-state index in [9.17, 15) is 0 Å². The van der Waals surface area contributed by atoms with Crippen LogP contribution in [0.4, 0.5) is 0 Å². The van der Waals surface area contributed by atoms with Gasteiger partial charge in [-0.15, -0.1) is 0 Å². The van der Waals surface area contributed by atoms with E-state index in [0.717, 1.165) is 0 Å². The van der Waals surface area contributed by atoms with Crippen molar-refractivity contribution >= 4 is 22.5 Å². The Balaban J connectivity index is 2.59. The van der Waals surface area contributed by atoms with Crippen LogP contribution in [0.5, 0.6) is 0 Å². The van der Waals surface area contributed by atoms with Crippen molar-refractivity contribution < 1.29 is 0 Å². The Morgan fingerprint density at radius 1 is 1.10 bits per heavy atom. The Kier molecular flexibility index (Phi) is 2.90. The summed E-state index contributed by atoms with van der Waals surface area (Å²) in [6.07, 6.45) is 0. The Hall–Kier alpha value is -0.346. The topological polar surface area (TPSA) is 0 Å². The van der Waals surface area contributed by atoms with Gasteiger partial charge in [0.15, 0.2) is 0 Å². The smallest absolute Gasteiger partial charge is 0.0455 e. The van der Waals surface area contributed by atoms with Gasteiger partial charge >= 0.3 is 0 Å². The van der Waals surface area contributed by atoms with Crippen molar-refractivity contribution in [3.05, 3.63) is 30.3 Å². The molecule has 0 amide bonds. The number of benzene rings is 1. The average Bonchev–Trinajstić information content (AvgIpc) is 1.88. The van der Waals surface area contributed by atoms with E-state index < -0.39 is 0 Å². The summed E-state index contributed by atoms with van der Waals surface area (Å²) in [5.41, 5.74) is 0. The third kappa shape index (κ3) is 2.50. The van der Waals surface area contributed by atoms with Gasteiger partial charge in [0.05, 0.1) is 0 Å². The van der Waals surface area contributed by atoms with Crippen LogP contribution >= 0.6 is 0 Å². The summed E-state index contributed by atoms with van der Waals surface area (Å²) in [4.78, 5) is 0. The van der Waals surface area contributed by atoms with Gasteiger partial charge in [0.2, 0.25) is 0 Å². The fourth-order valence-electron chi connectivity index (χ4n) is 1.09. The van der Waals surface area contributed by atoms with Crippen LogP contribution in [0, 0.1) is 0 Å². The summed E-state index contributed by atoms with van der Waals surface area (Å²) < 4.78 is 0. The molecule has 0 atom stereocenters. The van der Waals surface area contributed by atoms with E-state index in [1.54, 1.807) is 5.19 Å². The minimum absolute atomic E-state index is 0.162. The van der Waals surface area contributed by atoms with Gasteiger partial charge < -0.3 is 0 Å². The Morgan fingerprint density at radius 2 is 1.70 bits per heavy atom. The molecule has 10 heavy (non-hydrogen) atoms. The summed E-state index contributed by atoms with van der Waals surface area (Å²) in [5, 5.41) is 1.64. The Morgan fingerprint density at radius 3 is 2.20 bits per heavy atom. The fraction of sp³-hybridized carbons (Fsp3) is 0.250. The minimum Gasteiger partial charge on any atom is -0.0742 e. The third-order valence-corrected chi connectivity index (χ3v) is 7.11. The molecule has 1 aromatic rings. The molecule has 0 saturated carbocycles. The van der Waals surface area contributed by atoms with Crippen molar-refractivity contribution in [1.29, 1.82) is 0 Å². The number of hydrogen-bond acceptors (Lipinski definition) is 0. The highest BCUT2D eigenvalue weighted by molar-refractivity contribution is 7.16. The molecular formula is C8H14Si2. The predicted octanol–water partition coefficient (Wildman–Crippen LogP) is 0.464. The van der Waals surface area contributed by atoms with Crippen LogP contribution in [0.1, 0.15) is 0 Å². The largest absolute Gasteiger partial charge is 0.0742 e. The van der Waals surface area contributed by atoms with Gasteiger partial charge in [0.25, 0.3) is 0 Å². The lowest BCUT2D eigenvalue weighted by molar-refractivity contribution is 1.77. The van der Waals surface area contributed by atoms with E-state index in [0.29, 0.717) is 0 Å². The molecule has 0 aliphatic rings. The van der Waals surface area contributed by atoms with E-state index in [1.165, 1.54) is 0 Å². The van der Waals surface area contributed by atoms with Crippen molar-refractivity contribution in [1.82, 2.24) is 0 Å². The summed E-state index contributed by atoms with van der Waals surface area (Å²) >= 11 is 0. The monoisotopic (exact) mass is 166 g/mol. The summed E-state index contributed by atoms with van der Waals surface area (Å²) in [6, 6.07) is 11.0. The zero-order valence-corrected chi connectivity index (χ0v) is 9.24. The summed E-state index contributed by atoms with van der Waals surface area (Å²) in [7, 11) is -0.0960. The van der Waals surface area contributed by atoms with Crippen LogP contribution in [0.2, 0.25) is 13.1 Å². The first kappa shape index (κ1) is 7.76. The zero-order valence-electron chi connectivity index (χ0n) is 6.67. The average molecular weight is 166 g/mol. The molecule has 0 aliphatic carbocycles. The van der Waals surface area contributed by atoms with Gasteiger partial charge in [-0.3, -0.25) is 0 Å². The van der Waals surface area contributed by atoms with Crippen molar-refractivity contribution in [3.8, 4) is 0 Å². The quantitative estimate of drug-likeness (QED) is 0.560. The maximum absolute atomic E-state index is 2.44. The number of rotatable bonds is 2. The standard InChI is InChI=1S/C8H14Si2/c1-10(2)9-8-6-4-3-5-7-8/h3-7,10H,9H2,1-2H3. The van der Waals surface area contributed by atoms with Crippen LogP contribution in [0.25, 0.3) is 0 Å². The lowest BCUT2D eigenvalue weighted by Gasteiger charge is -2.00. The predicted molar refractivity (Wildman–Crippen MR) is 53.5 cm³/mol. The molecule has 0 aromatic heterocycles. The van der Waals surface area contributed by atoms with Gasteiger partial charge in [-0.25, -0.2) is 0 Å². The molecule has 0 spiro atoms. The molecule has 0 N–H and O–H groups in total. The van der Waals surface area contributed by atoms with Crippen molar-refractivity contribution in [2.24, 2.45) is 0 Å². The van der Waals surface area contributed by atoms with Crippen LogP contribution < -0.4 is 5.19 Å². The van der Waals surface area contributed by atoms with E-state index in [-0.39, 0.29) is 17.4 Å². The van der Waals surface area contributed by atoms with Crippen LogP contribution in [0.15, 0.2) is 30.3 Å². The first-order valence-electron chi connectivity index (χ1n) is 3.83. The lowest BCUT2D eigenvalue weighted by Crippen LogP contribution is -2.26. The molecule has 0 nitrogen and oxygen atoms in total. The molecule has 0 radical (unpaired) electrons. The summed E-state index contributed by atoms with van der Waals surface area (Å²) in [5.74, 6) is 0. The Labute approximate surface area is 66.5 Å². The highest BCUT2D eigenvalue weighted by Crippen LogP contribution is 1.83. The second kappa shape index (κ2) is 3.73. The molecule has 1 rings (SSSR count). The molecule has 0 fully saturated rings. The van der Waals surface area contributed by atoms with Gasteiger partial charge in [-0.1, -0.05) is 48.6 Å². The van der Waals surface area contributed by atoms with Crippen molar-refractivity contribution in [2.75, 3.05) is 0 Å². The normalized spacial score (nSPS) is 11.5. The molecule has 0 saturated heterocycles. The van der Waals surface area contributed by atoms with Crippen LogP contribution in [-0.2, 0) is 0 Å². The van der Waals surface area contributed by atoms with Crippen LogP contribution in [0.3, 0.4) is 0 Å². The molecule has 0 bridgehead atoms. The van der Waals surface area contributed by atoms with Crippen molar-refractivity contribution in [2.45, 2.75) is 13.1 Å². The molecule has 0 unspecified atom stereocenters. The highest BCUT2D eigenvalue weighted by atomic mass is 29.2. The maximum atomic E-state index is 2.44. The van der Waals surface area contributed by atoms with Gasteiger partial charge in [0.1, 0.15) is 0 Å². The number of hydrogen-bond donors (Lipinski definition) is 0. The van der Waals surface area contributed by atoms with Gasteiger partial charge in [-0.2, -0.15) is 0 Å². The van der Waals surface area contributed by atoms with E-state index in [1.807, 2.05) is 0 Å². The SMILES string of the molecule is C[SiH](C)[SiH2]c1ccccc1. The molecule has 1 aromatic carbocycles. The van der Waals surface area contributed by atoms with Crippen LogP contribution in [-0.4, -0.2) is 17.4 Å². The lowest BCUT2D eigenvalue weighted by atomic mass is 10.4. The zero-order chi connectivity index (χ0) is 7.40. The first-order chi connectivity index (χ1) is 4.79. The third-order valence-electron chi connectivity index (χ3n) is 1.49. The van der Waals surface area contributed by atoms with E-state index in [4.69, 9.17) is 0 Å². The second-order valence-electron chi connectivity index (χ2n) is 3.08. The van der Waals surface area contributed by atoms with E-state index in [2.05, 4.69) is 43.4 Å². The maximum Gasteiger partial charge on any atom is 0.0455 e. The minimum atomic E-state index is -0.258. The van der Waals surface area contributed by atoms with Crippen molar-refractivity contribution in [3.63, 3.8) is 0 Å². The van der Waals surface area contributed by atoms with E-state index >= 15 is 0 Å². The molecular weight excluding hydrogens is 152 g/mol. The first-order valence-corrected chi connectivity index (χ1v) is 10.1. The molecule has 0 heterocycles. The van der Waals surface area contributed by atoms with Gasteiger partial charge in [0, 0.05) is 17.4 Å². The Bertz CT molecular complexity index is 182. The second-order valence-corrected chi connectivity index (χ2v) is 13.2. The molecule has 0 aliphatic heterocycles. The molecule has 2 heteroatoms. The fourth-order valence-corrected chi connectivity index (χ4v) is 6.22. The molecule has 54 valence electrons. The highest BCUT2D eigenvalue weighted by Gasteiger charge is 1.96. The van der Waals surface area contributed by atoms with Gasteiger partial charge in [-0.05, 0) is 0 Å².